The number of aryl methyl sites for hydroxylation is 1. The maximum Gasteiger partial charge on any atom is 0.321 e. The predicted octanol–water partition coefficient (Wildman–Crippen LogP) is 4.17. The highest BCUT2D eigenvalue weighted by molar-refractivity contribution is 6.42. The number of hydrogen-bond acceptors (Lipinski definition) is 4. The lowest BCUT2D eigenvalue weighted by Crippen LogP contribution is -2.43. The Morgan fingerprint density at radius 3 is 2.56 bits per heavy atom. The summed E-state index contributed by atoms with van der Waals surface area (Å²) in [5.74, 6) is 0.518. The Hall–Kier alpha value is -2.05. The zero-order valence-electron chi connectivity index (χ0n) is 13.7. The van der Waals surface area contributed by atoms with Crippen molar-refractivity contribution in [3.8, 4) is 5.88 Å². The maximum absolute atomic E-state index is 12.3. The third-order valence-corrected chi connectivity index (χ3v) is 4.70. The van der Waals surface area contributed by atoms with Crippen molar-refractivity contribution in [2.24, 2.45) is 0 Å². The first-order valence-corrected chi connectivity index (χ1v) is 8.75. The first-order chi connectivity index (χ1) is 12.0. The Bertz CT molecular complexity index is 747. The number of likely N-dealkylation sites (tertiary alicyclic amines) is 1. The van der Waals surface area contributed by atoms with Crippen molar-refractivity contribution >= 4 is 34.9 Å². The summed E-state index contributed by atoms with van der Waals surface area (Å²) in [6.45, 7) is 3.09. The summed E-state index contributed by atoms with van der Waals surface area (Å²) >= 11 is 11.8. The van der Waals surface area contributed by atoms with E-state index in [1.165, 1.54) is 0 Å². The van der Waals surface area contributed by atoms with E-state index in [-0.39, 0.29) is 12.1 Å². The molecule has 1 saturated heterocycles. The minimum Gasteiger partial charge on any atom is -0.473 e. The Labute approximate surface area is 156 Å². The number of rotatable bonds is 3. The molecule has 1 N–H and O–H groups in total. The number of aromatic nitrogens is 2. The van der Waals surface area contributed by atoms with Gasteiger partial charge in [0.05, 0.1) is 15.7 Å². The fourth-order valence-corrected chi connectivity index (χ4v) is 2.87. The SMILES string of the molecule is Cc1ccc(OC2CCN(C(=O)Nc3ccc(Cl)c(Cl)c3)CC2)nn1. The number of hydrogen-bond donors (Lipinski definition) is 1. The Kier molecular flexibility index (Phi) is 5.60. The molecule has 8 heteroatoms. The third-order valence-electron chi connectivity index (χ3n) is 3.96. The molecule has 0 saturated carbocycles. The molecule has 1 aromatic heterocycles. The standard InChI is InChI=1S/C17H18Cl2N4O2/c1-11-2-5-16(22-21-11)25-13-6-8-23(9-7-13)17(24)20-12-3-4-14(18)15(19)10-12/h2-5,10,13H,6-9H2,1H3,(H,20,24). The van der Waals surface area contributed by atoms with E-state index in [4.69, 9.17) is 27.9 Å². The van der Waals surface area contributed by atoms with E-state index < -0.39 is 0 Å². The molecular weight excluding hydrogens is 363 g/mol. The van der Waals surface area contributed by atoms with Crippen LogP contribution in [0.3, 0.4) is 0 Å². The lowest BCUT2D eigenvalue weighted by Gasteiger charge is -2.31. The van der Waals surface area contributed by atoms with Gasteiger partial charge in [-0.05, 0) is 31.2 Å². The summed E-state index contributed by atoms with van der Waals surface area (Å²) in [5.41, 5.74) is 1.47. The Morgan fingerprint density at radius 1 is 1.16 bits per heavy atom. The lowest BCUT2D eigenvalue weighted by atomic mass is 10.1. The van der Waals surface area contributed by atoms with Crippen molar-refractivity contribution in [3.05, 3.63) is 46.1 Å². The second-order valence-corrected chi connectivity index (χ2v) is 6.69. The largest absolute Gasteiger partial charge is 0.473 e. The molecule has 1 aromatic carbocycles. The van der Waals surface area contributed by atoms with Crippen LogP contribution < -0.4 is 10.1 Å². The van der Waals surface area contributed by atoms with Crippen LogP contribution in [0.25, 0.3) is 0 Å². The second-order valence-electron chi connectivity index (χ2n) is 5.88. The fourth-order valence-electron chi connectivity index (χ4n) is 2.57. The molecule has 2 aromatic rings. The fraction of sp³-hybridized carbons (Fsp3) is 0.353. The first-order valence-electron chi connectivity index (χ1n) is 7.99. The number of ether oxygens (including phenoxy) is 1. The van der Waals surface area contributed by atoms with Gasteiger partial charge >= 0.3 is 6.03 Å². The number of nitrogens with zero attached hydrogens (tertiary/aromatic N) is 3. The van der Waals surface area contributed by atoms with Crippen LogP contribution in [0, 0.1) is 6.92 Å². The number of nitrogens with one attached hydrogen (secondary N) is 1. The van der Waals surface area contributed by atoms with Crippen LogP contribution >= 0.6 is 23.2 Å². The molecule has 1 aliphatic heterocycles. The predicted molar refractivity (Wildman–Crippen MR) is 97.5 cm³/mol. The van der Waals surface area contributed by atoms with Crippen LogP contribution in [-0.4, -0.2) is 40.3 Å². The van der Waals surface area contributed by atoms with Crippen LogP contribution in [0.4, 0.5) is 10.5 Å². The van der Waals surface area contributed by atoms with Crippen molar-refractivity contribution in [1.29, 1.82) is 0 Å². The van der Waals surface area contributed by atoms with E-state index in [0.29, 0.717) is 34.7 Å². The molecule has 0 atom stereocenters. The Morgan fingerprint density at radius 2 is 1.92 bits per heavy atom. The zero-order chi connectivity index (χ0) is 17.8. The van der Waals surface area contributed by atoms with Gasteiger partial charge in [0.15, 0.2) is 0 Å². The van der Waals surface area contributed by atoms with E-state index in [1.807, 2.05) is 19.1 Å². The molecule has 25 heavy (non-hydrogen) atoms. The van der Waals surface area contributed by atoms with E-state index in [1.54, 1.807) is 23.1 Å². The van der Waals surface area contributed by atoms with Gasteiger partial charge < -0.3 is 15.0 Å². The quantitative estimate of drug-likeness (QED) is 0.867. The van der Waals surface area contributed by atoms with Gasteiger partial charge in [-0.2, -0.15) is 5.10 Å². The molecular formula is C17H18Cl2N4O2. The van der Waals surface area contributed by atoms with E-state index in [2.05, 4.69) is 15.5 Å². The van der Waals surface area contributed by atoms with E-state index in [0.717, 1.165) is 18.5 Å². The van der Waals surface area contributed by atoms with Crippen molar-refractivity contribution < 1.29 is 9.53 Å². The number of urea groups is 1. The molecule has 0 unspecified atom stereocenters. The number of amides is 2. The van der Waals surface area contributed by atoms with Gasteiger partial charge in [-0.3, -0.25) is 0 Å². The molecule has 0 spiro atoms. The summed E-state index contributed by atoms with van der Waals surface area (Å²) in [6.07, 6.45) is 1.51. The van der Waals surface area contributed by atoms with E-state index >= 15 is 0 Å². The highest BCUT2D eigenvalue weighted by Crippen LogP contribution is 2.25. The Balaban J connectivity index is 1.50. The third kappa shape index (κ3) is 4.74. The zero-order valence-corrected chi connectivity index (χ0v) is 15.2. The van der Waals surface area contributed by atoms with E-state index in [9.17, 15) is 4.79 Å². The summed E-state index contributed by atoms with van der Waals surface area (Å²) in [7, 11) is 0. The summed E-state index contributed by atoms with van der Waals surface area (Å²) in [6, 6.07) is 8.52. The van der Waals surface area contributed by atoms with Crippen LogP contribution in [-0.2, 0) is 0 Å². The molecule has 2 amide bonds. The topological polar surface area (TPSA) is 67.3 Å². The minimum absolute atomic E-state index is 0.0334. The van der Waals surface area contributed by atoms with Crippen molar-refractivity contribution in [2.75, 3.05) is 18.4 Å². The first kappa shape index (κ1) is 17.8. The molecule has 1 fully saturated rings. The highest BCUT2D eigenvalue weighted by atomic mass is 35.5. The second kappa shape index (κ2) is 7.89. The molecule has 132 valence electrons. The average Bonchev–Trinajstić information content (AvgIpc) is 2.61. The number of anilines is 1. The van der Waals surface area contributed by atoms with Crippen molar-refractivity contribution in [1.82, 2.24) is 15.1 Å². The van der Waals surface area contributed by atoms with Crippen LogP contribution in [0.15, 0.2) is 30.3 Å². The highest BCUT2D eigenvalue weighted by Gasteiger charge is 2.24. The van der Waals surface area contributed by atoms with Crippen molar-refractivity contribution in [3.63, 3.8) is 0 Å². The molecule has 0 aliphatic carbocycles. The molecule has 3 rings (SSSR count). The van der Waals surface area contributed by atoms with Gasteiger partial charge in [0.2, 0.25) is 5.88 Å². The van der Waals surface area contributed by atoms with Crippen LogP contribution in [0.5, 0.6) is 5.88 Å². The monoisotopic (exact) mass is 380 g/mol. The molecule has 2 heterocycles. The number of piperidine rings is 1. The van der Waals surface area contributed by atoms with Crippen LogP contribution in [0.1, 0.15) is 18.5 Å². The minimum atomic E-state index is -0.160. The molecule has 0 radical (unpaired) electrons. The lowest BCUT2D eigenvalue weighted by molar-refractivity contribution is 0.110. The van der Waals surface area contributed by atoms with Gasteiger partial charge in [0.25, 0.3) is 0 Å². The van der Waals surface area contributed by atoms with Crippen molar-refractivity contribution in [2.45, 2.75) is 25.9 Å². The molecule has 1 aliphatic rings. The maximum atomic E-state index is 12.3. The van der Waals surface area contributed by atoms with Gasteiger partial charge in [0, 0.05) is 37.7 Å². The number of carbonyl (C=O) groups excluding carboxylic acids is 1. The van der Waals surface area contributed by atoms with Gasteiger partial charge in [0.1, 0.15) is 6.10 Å². The smallest absolute Gasteiger partial charge is 0.321 e. The summed E-state index contributed by atoms with van der Waals surface area (Å²) in [4.78, 5) is 14.1. The number of halogens is 2. The average molecular weight is 381 g/mol. The normalized spacial score (nSPS) is 15.1. The van der Waals surface area contributed by atoms with Gasteiger partial charge in [-0.25, -0.2) is 4.79 Å². The number of carbonyl (C=O) groups is 1. The number of benzene rings is 1. The summed E-state index contributed by atoms with van der Waals surface area (Å²) in [5, 5.41) is 11.7. The molecule has 0 bridgehead atoms. The van der Waals surface area contributed by atoms with Crippen LogP contribution in [0.2, 0.25) is 10.0 Å². The van der Waals surface area contributed by atoms with Gasteiger partial charge in [-0.1, -0.05) is 23.2 Å². The van der Waals surface area contributed by atoms with Gasteiger partial charge in [-0.15, -0.1) is 5.10 Å². The summed E-state index contributed by atoms with van der Waals surface area (Å²) < 4.78 is 5.82. The molecule has 6 nitrogen and oxygen atoms in total.